The van der Waals surface area contributed by atoms with Gasteiger partial charge in [0.2, 0.25) is 6.79 Å². The molecule has 7 heteroatoms. The Labute approximate surface area is 175 Å². The van der Waals surface area contributed by atoms with Crippen molar-refractivity contribution in [2.45, 2.75) is 19.4 Å². The highest BCUT2D eigenvalue weighted by Crippen LogP contribution is 2.41. The number of fused-ring (bicyclic) bond motifs is 1. The Bertz CT molecular complexity index is 1030. The Morgan fingerprint density at radius 2 is 1.80 bits per heavy atom. The van der Waals surface area contributed by atoms with Gasteiger partial charge in [-0.2, -0.15) is 0 Å². The maximum absolute atomic E-state index is 12.9. The van der Waals surface area contributed by atoms with Crippen LogP contribution in [0.15, 0.2) is 48.0 Å². The molecule has 2 aromatic carbocycles. The van der Waals surface area contributed by atoms with Gasteiger partial charge < -0.3 is 24.4 Å². The molecule has 0 spiro atoms. The monoisotopic (exact) mass is 408 g/mol. The summed E-state index contributed by atoms with van der Waals surface area (Å²) in [4.78, 5) is 29.2. The predicted molar refractivity (Wildman–Crippen MR) is 113 cm³/mol. The van der Waals surface area contributed by atoms with Crippen LogP contribution < -0.4 is 14.4 Å². The fourth-order valence-electron chi connectivity index (χ4n) is 3.85. The van der Waals surface area contributed by atoms with Gasteiger partial charge in [0, 0.05) is 31.9 Å². The summed E-state index contributed by atoms with van der Waals surface area (Å²) >= 11 is 0. The molecule has 2 aromatic rings. The van der Waals surface area contributed by atoms with E-state index >= 15 is 0 Å². The first-order valence-corrected chi connectivity index (χ1v) is 9.88. The molecule has 1 saturated heterocycles. The van der Waals surface area contributed by atoms with Crippen molar-refractivity contribution in [3.63, 3.8) is 0 Å². The van der Waals surface area contributed by atoms with Crippen molar-refractivity contribution in [2.75, 3.05) is 32.3 Å². The molecule has 2 aliphatic heterocycles. The number of ketones is 1. The minimum Gasteiger partial charge on any atom is -0.507 e. The average Bonchev–Trinajstić information content (AvgIpc) is 3.31. The zero-order valence-corrected chi connectivity index (χ0v) is 17.2. The van der Waals surface area contributed by atoms with E-state index in [1.807, 2.05) is 50.2 Å². The number of carbonyl (C=O) groups is 2. The van der Waals surface area contributed by atoms with Crippen LogP contribution in [0.4, 0.5) is 5.69 Å². The molecule has 7 nitrogen and oxygen atoms in total. The Balaban J connectivity index is 1.83. The molecule has 30 heavy (non-hydrogen) atoms. The number of ether oxygens (including phenoxy) is 2. The first-order valence-electron chi connectivity index (χ1n) is 9.88. The quantitative estimate of drug-likeness (QED) is 0.465. The highest BCUT2D eigenvalue weighted by atomic mass is 16.7. The highest BCUT2D eigenvalue weighted by Gasteiger charge is 2.45. The number of aliphatic hydroxyl groups excluding tert-OH is 1. The number of hydrogen-bond donors (Lipinski definition) is 1. The molecule has 4 rings (SSSR count). The van der Waals surface area contributed by atoms with E-state index in [1.165, 1.54) is 4.90 Å². The number of aliphatic hydroxyl groups is 1. The van der Waals surface area contributed by atoms with Gasteiger partial charge >= 0.3 is 0 Å². The lowest BCUT2D eigenvalue weighted by Crippen LogP contribution is -2.30. The van der Waals surface area contributed by atoms with Crippen molar-refractivity contribution in [3.05, 3.63) is 59.2 Å². The second-order valence-corrected chi connectivity index (χ2v) is 7.55. The second kappa shape index (κ2) is 7.74. The summed E-state index contributed by atoms with van der Waals surface area (Å²) in [6.45, 7) is 2.48. The van der Waals surface area contributed by atoms with Crippen LogP contribution in [-0.2, 0) is 9.59 Å². The third kappa shape index (κ3) is 3.26. The average molecular weight is 408 g/mol. The molecule has 1 amide bonds. The van der Waals surface area contributed by atoms with Gasteiger partial charge in [0.05, 0.1) is 11.6 Å². The maximum Gasteiger partial charge on any atom is 0.295 e. The van der Waals surface area contributed by atoms with Crippen LogP contribution in [0.5, 0.6) is 11.5 Å². The molecule has 156 valence electrons. The van der Waals surface area contributed by atoms with E-state index in [0.717, 1.165) is 11.3 Å². The number of amides is 1. The molecule has 0 aliphatic carbocycles. The topological polar surface area (TPSA) is 79.3 Å². The van der Waals surface area contributed by atoms with E-state index in [2.05, 4.69) is 0 Å². The van der Waals surface area contributed by atoms with Gasteiger partial charge in [-0.15, -0.1) is 0 Å². The second-order valence-electron chi connectivity index (χ2n) is 7.55. The summed E-state index contributed by atoms with van der Waals surface area (Å²) in [7, 11) is 3.88. The van der Waals surface area contributed by atoms with Crippen molar-refractivity contribution in [1.82, 2.24) is 4.90 Å². The smallest absolute Gasteiger partial charge is 0.295 e. The summed E-state index contributed by atoms with van der Waals surface area (Å²) in [5.41, 5.74) is 2.27. The molecule has 1 unspecified atom stereocenters. The van der Waals surface area contributed by atoms with Crippen molar-refractivity contribution in [3.8, 4) is 11.5 Å². The number of rotatable bonds is 5. The zero-order chi connectivity index (χ0) is 21.4. The number of carbonyl (C=O) groups excluding carboxylic acids is 2. The molecule has 2 heterocycles. The predicted octanol–water partition coefficient (Wildman–Crippen LogP) is 3.31. The van der Waals surface area contributed by atoms with Gasteiger partial charge in [0.1, 0.15) is 5.76 Å². The third-order valence-corrected chi connectivity index (χ3v) is 5.38. The Morgan fingerprint density at radius 1 is 1.10 bits per heavy atom. The van der Waals surface area contributed by atoms with Crippen LogP contribution in [0.1, 0.15) is 30.5 Å². The summed E-state index contributed by atoms with van der Waals surface area (Å²) in [5, 5.41) is 11.1. The number of anilines is 1. The lowest BCUT2D eigenvalue weighted by molar-refractivity contribution is -0.139. The lowest BCUT2D eigenvalue weighted by Gasteiger charge is -2.25. The van der Waals surface area contributed by atoms with E-state index < -0.39 is 17.7 Å². The normalized spacial score (nSPS) is 19.4. The number of Topliss-reactive ketones (excluding diaryl/α,β-unsaturated/α-hetero) is 1. The number of nitrogens with zero attached hydrogens (tertiary/aromatic N) is 2. The highest BCUT2D eigenvalue weighted by molar-refractivity contribution is 6.46. The summed E-state index contributed by atoms with van der Waals surface area (Å²) in [6, 6.07) is 12.0. The molecule has 0 bridgehead atoms. The fourth-order valence-corrected chi connectivity index (χ4v) is 3.85. The van der Waals surface area contributed by atoms with Crippen molar-refractivity contribution < 1.29 is 24.2 Å². The number of benzene rings is 2. The number of hydrogen-bond acceptors (Lipinski definition) is 6. The van der Waals surface area contributed by atoms with E-state index in [4.69, 9.17) is 9.47 Å². The van der Waals surface area contributed by atoms with E-state index in [1.54, 1.807) is 18.2 Å². The van der Waals surface area contributed by atoms with Gasteiger partial charge in [-0.3, -0.25) is 9.59 Å². The van der Waals surface area contributed by atoms with Gasteiger partial charge in [-0.1, -0.05) is 19.1 Å². The molecule has 1 fully saturated rings. The van der Waals surface area contributed by atoms with Gasteiger partial charge in [0.25, 0.3) is 11.7 Å². The first kappa shape index (κ1) is 19.8. The van der Waals surface area contributed by atoms with Crippen LogP contribution in [0.25, 0.3) is 5.76 Å². The fraction of sp³-hybridized carbons (Fsp3) is 0.304. The zero-order valence-electron chi connectivity index (χ0n) is 17.2. The van der Waals surface area contributed by atoms with Crippen LogP contribution in [0.2, 0.25) is 0 Å². The van der Waals surface area contributed by atoms with Crippen LogP contribution in [-0.4, -0.2) is 49.1 Å². The summed E-state index contributed by atoms with van der Waals surface area (Å²) < 4.78 is 10.7. The lowest BCUT2D eigenvalue weighted by atomic mass is 9.95. The number of likely N-dealkylation sites (tertiary alicyclic amines) is 1. The van der Waals surface area contributed by atoms with Crippen LogP contribution in [0.3, 0.4) is 0 Å². The summed E-state index contributed by atoms with van der Waals surface area (Å²) in [5.74, 6) is -0.421. The largest absolute Gasteiger partial charge is 0.507 e. The van der Waals surface area contributed by atoms with Crippen molar-refractivity contribution in [1.29, 1.82) is 0 Å². The summed E-state index contributed by atoms with van der Waals surface area (Å²) in [6.07, 6.45) is 0.698. The van der Waals surface area contributed by atoms with Crippen LogP contribution in [0, 0.1) is 0 Å². The Morgan fingerprint density at radius 3 is 2.47 bits per heavy atom. The molecule has 0 aromatic heterocycles. The molecular weight excluding hydrogens is 384 g/mol. The minimum atomic E-state index is -0.680. The molecule has 1 atom stereocenters. The molecule has 2 aliphatic rings. The molecule has 0 radical (unpaired) electrons. The maximum atomic E-state index is 12.9. The van der Waals surface area contributed by atoms with E-state index in [9.17, 15) is 14.7 Å². The van der Waals surface area contributed by atoms with Crippen LogP contribution >= 0.6 is 0 Å². The molecule has 1 N–H and O–H groups in total. The van der Waals surface area contributed by atoms with Gasteiger partial charge in [0.15, 0.2) is 11.5 Å². The Hall–Kier alpha value is -3.48. The van der Waals surface area contributed by atoms with E-state index in [-0.39, 0.29) is 18.1 Å². The minimum absolute atomic E-state index is 0.0879. The molecule has 0 saturated carbocycles. The van der Waals surface area contributed by atoms with Crippen molar-refractivity contribution >= 4 is 23.1 Å². The standard InChI is InChI=1S/C23H24N2O5/c1-4-11-25-20(14-5-8-16(9-6-14)24(2)3)19(22(27)23(25)28)21(26)15-7-10-17-18(12-15)30-13-29-17/h5-10,12,20,26H,4,11,13H2,1-3H3/b21-19-. The van der Waals surface area contributed by atoms with E-state index in [0.29, 0.717) is 30.0 Å². The van der Waals surface area contributed by atoms with Gasteiger partial charge in [-0.05, 0) is 42.3 Å². The SMILES string of the molecule is CCCN1C(=O)C(=O)/C(=C(\O)c2ccc3c(c2)OCO3)C1c1ccc(N(C)C)cc1. The third-order valence-electron chi connectivity index (χ3n) is 5.38. The first-order chi connectivity index (χ1) is 14.4. The van der Waals surface area contributed by atoms with Gasteiger partial charge in [-0.25, -0.2) is 0 Å². The Kier molecular flexibility index (Phi) is 5.11. The van der Waals surface area contributed by atoms with Crippen molar-refractivity contribution in [2.24, 2.45) is 0 Å². The molecular formula is C23H24N2O5.